The maximum atomic E-state index is 5.21. The summed E-state index contributed by atoms with van der Waals surface area (Å²) in [7, 11) is 0. The van der Waals surface area contributed by atoms with Gasteiger partial charge in [-0.05, 0) is 11.6 Å². The zero-order chi connectivity index (χ0) is 4.41. The normalized spacial score (nSPS) is 20.2. The fourth-order valence-electron chi connectivity index (χ4n) is 0.220. The minimum Gasteiger partial charge on any atom is -0.446 e. The van der Waals surface area contributed by atoms with Crippen LogP contribution in [0.5, 0.6) is 0 Å². The minimum atomic E-state index is -0.593. The van der Waals surface area contributed by atoms with Crippen molar-refractivity contribution < 1.29 is 9.47 Å². The maximum absolute atomic E-state index is 5.21. The summed E-state index contributed by atoms with van der Waals surface area (Å²) in [5.41, 5.74) is 0. The quantitative estimate of drug-likeness (QED) is 0.430. The zero-order valence-corrected chi connectivity index (χ0v) is 3.68. The van der Waals surface area contributed by atoms with Crippen molar-refractivity contribution in [2.24, 2.45) is 0 Å². The molecule has 0 bridgehead atoms. The van der Waals surface area contributed by atoms with E-state index in [0.29, 0.717) is 0 Å². The molecule has 1 aliphatic rings. The van der Waals surface area contributed by atoms with Gasteiger partial charge in [-0.2, -0.15) is 0 Å². The van der Waals surface area contributed by atoms with E-state index in [1.54, 1.807) is 0 Å². The van der Waals surface area contributed by atoms with Gasteiger partial charge in [-0.3, -0.25) is 0 Å². The highest BCUT2D eigenvalue weighted by atomic mass is 35.5. The van der Waals surface area contributed by atoms with E-state index >= 15 is 0 Å². The molecular weight excluding hydrogens is 103 g/mol. The molecule has 1 rings (SSSR count). The second-order valence-electron chi connectivity index (χ2n) is 0.819. The van der Waals surface area contributed by atoms with E-state index in [-0.39, 0.29) is 0 Å². The highest BCUT2D eigenvalue weighted by Crippen LogP contribution is 2.07. The van der Waals surface area contributed by atoms with Gasteiger partial charge in [0.05, 0.1) is 0 Å². The van der Waals surface area contributed by atoms with Crippen LogP contribution in [-0.2, 0) is 9.47 Å². The van der Waals surface area contributed by atoms with Crippen LogP contribution in [0.3, 0.4) is 0 Å². The molecule has 6 heavy (non-hydrogen) atoms. The molecule has 0 saturated carbocycles. The Morgan fingerprint density at radius 1 is 1.33 bits per heavy atom. The van der Waals surface area contributed by atoms with Gasteiger partial charge in [0, 0.05) is 0 Å². The summed E-state index contributed by atoms with van der Waals surface area (Å²) >= 11 is 5.21. The molecule has 2 nitrogen and oxygen atoms in total. The largest absolute Gasteiger partial charge is 0.446 e. The third-order valence-corrected chi connectivity index (χ3v) is 0.632. The molecule has 0 N–H and O–H groups in total. The number of hydrogen-bond acceptors (Lipinski definition) is 2. The summed E-state index contributed by atoms with van der Waals surface area (Å²) < 4.78 is 9.03. The SMILES string of the molecule is ClC1OC=CO1. The molecule has 3 heteroatoms. The standard InChI is InChI=1S/C3H3ClO2/c4-3-5-1-2-6-3/h1-3H. The molecule has 0 amide bonds. The summed E-state index contributed by atoms with van der Waals surface area (Å²) in [5.74, 6) is -0.593. The molecule has 0 radical (unpaired) electrons. The smallest absolute Gasteiger partial charge is 0.321 e. The Hall–Kier alpha value is -0.370. The van der Waals surface area contributed by atoms with E-state index in [2.05, 4.69) is 9.47 Å². The fourth-order valence-corrected chi connectivity index (χ4v) is 0.339. The predicted molar refractivity (Wildman–Crippen MR) is 21.0 cm³/mol. The Bertz CT molecular complexity index is 63.2. The molecule has 0 aromatic heterocycles. The van der Waals surface area contributed by atoms with Gasteiger partial charge in [-0.15, -0.1) is 0 Å². The summed E-state index contributed by atoms with van der Waals surface area (Å²) in [4.78, 5) is 0. The number of halogens is 1. The van der Waals surface area contributed by atoms with E-state index in [1.165, 1.54) is 12.5 Å². The second kappa shape index (κ2) is 1.39. The van der Waals surface area contributed by atoms with Crippen LogP contribution in [0.4, 0.5) is 0 Å². The molecule has 34 valence electrons. The van der Waals surface area contributed by atoms with E-state index in [9.17, 15) is 0 Å². The van der Waals surface area contributed by atoms with Gasteiger partial charge < -0.3 is 9.47 Å². The van der Waals surface area contributed by atoms with Crippen molar-refractivity contribution >= 4 is 11.6 Å². The average molecular weight is 107 g/mol. The lowest BCUT2D eigenvalue weighted by Gasteiger charge is -1.95. The second-order valence-corrected chi connectivity index (χ2v) is 1.18. The summed E-state index contributed by atoms with van der Waals surface area (Å²) in [6, 6.07) is 0. The van der Waals surface area contributed by atoms with Crippen molar-refractivity contribution in [3.63, 3.8) is 0 Å². The van der Waals surface area contributed by atoms with Gasteiger partial charge in [-0.25, -0.2) is 0 Å². The lowest BCUT2D eigenvalue weighted by molar-refractivity contribution is 0.0493. The number of rotatable bonds is 0. The van der Waals surface area contributed by atoms with Crippen molar-refractivity contribution in [3.8, 4) is 0 Å². The van der Waals surface area contributed by atoms with Gasteiger partial charge in [0.2, 0.25) is 0 Å². The Balaban J connectivity index is 2.32. The molecule has 1 aliphatic heterocycles. The van der Waals surface area contributed by atoms with Crippen LogP contribution in [-0.4, -0.2) is 5.75 Å². The first kappa shape index (κ1) is 3.81. The molecular formula is C3H3ClO2. The van der Waals surface area contributed by atoms with Gasteiger partial charge in [0.25, 0.3) is 0 Å². The van der Waals surface area contributed by atoms with Crippen LogP contribution < -0.4 is 0 Å². The van der Waals surface area contributed by atoms with E-state index in [4.69, 9.17) is 11.6 Å². The Morgan fingerprint density at radius 3 is 2.00 bits per heavy atom. The zero-order valence-electron chi connectivity index (χ0n) is 2.93. The van der Waals surface area contributed by atoms with Crippen molar-refractivity contribution in [1.29, 1.82) is 0 Å². The summed E-state index contributed by atoms with van der Waals surface area (Å²) in [5, 5.41) is 0. The molecule has 0 aromatic rings. The summed E-state index contributed by atoms with van der Waals surface area (Å²) in [6.07, 6.45) is 2.80. The van der Waals surface area contributed by atoms with Crippen LogP contribution in [0.1, 0.15) is 0 Å². The van der Waals surface area contributed by atoms with Crippen LogP contribution >= 0.6 is 11.6 Å². The first-order valence-corrected chi connectivity index (χ1v) is 1.93. The van der Waals surface area contributed by atoms with Crippen LogP contribution in [0, 0.1) is 0 Å². The molecule has 0 fully saturated rings. The number of alkyl halides is 1. The Labute approximate surface area is 40.3 Å². The fraction of sp³-hybridized carbons (Fsp3) is 0.333. The molecule has 0 unspecified atom stereocenters. The van der Waals surface area contributed by atoms with E-state index in [1.807, 2.05) is 0 Å². The predicted octanol–water partition coefficient (Wildman–Crippen LogP) is 1.03. The molecule has 0 aromatic carbocycles. The third-order valence-electron chi connectivity index (χ3n) is 0.427. The van der Waals surface area contributed by atoms with Gasteiger partial charge in [0.1, 0.15) is 12.5 Å². The highest BCUT2D eigenvalue weighted by molar-refractivity contribution is 6.18. The topological polar surface area (TPSA) is 18.5 Å². The Morgan fingerprint density at radius 2 is 1.83 bits per heavy atom. The summed E-state index contributed by atoms with van der Waals surface area (Å²) in [6.45, 7) is 0. The first-order chi connectivity index (χ1) is 2.89. The first-order valence-electron chi connectivity index (χ1n) is 1.49. The maximum Gasteiger partial charge on any atom is 0.321 e. The average Bonchev–Trinajstić information content (AvgIpc) is 1.86. The number of ether oxygens (including phenoxy) is 2. The molecule has 0 aliphatic carbocycles. The molecule has 0 atom stereocenters. The Kier molecular flexibility index (Phi) is 0.881. The van der Waals surface area contributed by atoms with Crippen LogP contribution in [0.2, 0.25) is 0 Å². The third kappa shape index (κ3) is 0.571. The van der Waals surface area contributed by atoms with Gasteiger partial charge in [-0.1, -0.05) is 0 Å². The van der Waals surface area contributed by atoms with E-state index < -0.39 is 5.75 Å². The molecule has 0 spiro atoms. The lowest BCUT2D eigenvalue weighted by atomic mass is 11.1. The molecule has 0 saturated heterocycles. The van der Waals surface area contributed by atoms with Gasteiger partial charge >= 0.3 is 5.75 Å². The van der Waals surface area contributed by atoms with Crippen LogP contribution in [0.25, 0.3) is 0 Å². The highest BCUT2D eigenvalue weighted by Gasteiger charge is 2.03. The van der Waals surface area contributed by atoms with Crippen LogP contribution in [0.15, 0.2) is 12.5 Å². The van der Waals surface area contributed by atoms with Crippen molar-refractivity contribution in [1.82, 2.24) is 0 Å². The van der Waals surface area contributed by atoms with Crippen molar-refractivity contribution in [3.05, 3.63) is 12.5 Å². The van der Waals surface area contributed by atoms with Gasteiger partial charge in [0.15, 0.2) is 0 Å². The monoisotopic (exact) mass is 106 g/mol. The van der Waals surface area contributed by atoms with Crippen molar-refractivity contribution in [2.75, 3.05) is 0 Å². The molecule has 1 heterocycles. The lowest BCUT2D eigenvalue weighted by Crippen LogP contribution is -1.92. The minimum absolute atomic E-state index is 0.593. The van der Waals surface area contributed by atoms with Crippen molar-refractivity contribution in [2.45, 2.75) is 5.75 Å². The number of hydrogen-bond donors (Lipinski definition) is 0. The van der Waals surface area contributed by atoms with E-state index in [0.717, 1.165) is 0 Å².